The van der Waals surface area contributed by atoms with Crippen molar-refractivity contribution in [3.63, 3.8) is 0 Å². The first kappa shape index (κ1) is 15.8. The Balaban J connectivity index is 2.32. The summed E-state index contributed by atoms with van der Waals surface area (Å²) in [6, 6.07) is -1.16. The minimum atomic E-state index is -0.995. The number of aliphatic carboxylic acids is 1. The summed E-state index contributed by atoms with van der Waals surface area (Å²) in [5, 5.41) is 14.4. The molecule has 6 heteroatoms. The van der Waals surface area contributed by atoms with E-state index < -0.39 is 18.0 Å². The normalized spacial score (nSPS) is 25.0. The van der Waals surface area contributed by atoms with Crippen LogP contribution < -0.4 is 10.6 Å². The molecule has 1 aliphatic rings. The molecule has 1 fully saturated rings. The molecule has 2 amide bonds. The zero-order valence-electron chi connectivity index (χ0n) is 11.8. The van der Waals surface area contributed by atoms with Gasteiger partial charge in [-0.15, -0.1) is 0 Å². The molecule has 1 aliphatic carbocycles. The van der Waals surface area contributed by atoms with Crippen LogP contribution in [0.25, 0.3) is 0 Å². The van der Waals surface area contributed by atoms with Crippen molar-refractivity contribution in [2.75, 3.05) is 6.61 Å². The van der Waals surface area contributed by atoms with Gasteiger partial charge in [-0.25, -0.2) is 9.59 Å². The van der Waals surface area contributed by atoms with Gasteiger partial charge in [0.15, 0.2) is 0 Å². The molecule has 0 aromatic heterocycles. The van der Waals surface area contributed by atoms with Gasteiger partial charge in [0.1, 0.15) is 6.04 Å². The van der Waals surface area contributed by atoms with Crippen molar-refractivity contribution < 1.29 is 19.4 Å². The van der Waals surface area contributed by atoms with Crippen LogP contribution in [0.4, 0.5) is 4.79 Å². The number of carbonyl (C=O) groups is 2. The van der Waals surface area contributed by atoms with Gasteiger partial charge in [-0.1, -0.05) is 20.3 Å². The van der Waals surface area contributed by atoms with Crippen LogP contribution >= 0.6 is 0 Å². The molecule has 110 valence electrons. The third-order valence-corrected chi connectivity index (χ3v) is 3.60. The first-order valence-electron chi connectivity index (χ1n) is 6.89. The van der Waals surface area contributed by atoms with E-state index >= 15 is 0 Å². The number of nitrogens with one attached hydrogen (secondary N) is 2. The standard InChI is InChI=1S/C13H24N2O4/c1-4-8(3)11(12(16)17)15-13(18)14-9-6-10(7-9)19-5-2/h8-11H,4-7H2,1-3H3,(H,16,17)(H2,14,15,18). The number of ether oxygens (including phenoxy) is 1. The highest BCUT2D eigenvalue weighted by molar-refractivity contribution is 5.82. The molecule has 0 aliphatic heterocycles. The van der Waals surface area contributed by atoms with E-state index in [0.717, 1.165) is 12.8 Å². The molecule has 0 bridgehead atoms. The van der Waals surface area contributed by atoms with Gasteiger partial charge in [0, 0.05) is 12.6 Å². The van der Waals surface area contributed by atoms with Gasteiger partial charge in [0.2, 0.25) is 0 Å². The molecule has 2 unspecified atom stereocenters. The maximum absolute atomic E-state index is 11.7. The van der Waals surface area contributed by atoms with Gasteiger partial charge in [0.25, 0.3) is 0 Å². The molecule has 0 aromatic rings. The molecule has 1 rings (SSSR count). The number of hydrogen-bond donors (Lipinski definition) is 3. The smallest absolute Gasteiger partial charge is 0.326 e. The van der Waals surface area contributed by atoms with Gasteiger partial charge in [-0.2, -0.15) is 0 Å². The van der Waals surface area contributed by atoms with E-state index in [2.05, 4.69) is 10.6 Å². The quantitative estimate of drug-likeness (QED) is 0.653. The lowest BCUT2D eigenvalue weighted by molar-refractivity contribution is -0.140. The summed E-state index contributed by atoms with van der Waals surface area (Å²) < 4.78 is 5.40. The minimum absolute atomic E-state index is 0.0860. The SMILES string of the molecule is CCOC1CC(NC(=O)NC(C(=O)O)C(C)CC)C1. The van der Waals surface area contributed by atoms with Crippen molar-refractivity contribution in [2.45, 2.75) is 58.2 Å². The minimum Gasteiger partial charge on any atom is -0.480 e. The monoisotopic (exact) mass is 272 g/mol. The number of urea groups is 1. The van der Waals surface area contributed by atoms with Gasteiger partial charge in [-0.05, 0) is 25.7 Å². The van der Waals surface area contributed by atoms with Crippen LogP contribution in [0.2, 0.25) is 0 Å². The van der Waals surface area contributed by atoms with Crippen molar-refractivity contribution in [1.29, 1.82) is 0 Å². The van der Waals surface area contributed by atoms with Crippen molar-refractivity contribution >= 4 is 12.0 Å². The van der Waals surface area contributed by atoms with E-state index in [1.54, 1.807) is 0 Å². The fourth-order valence-corrected chi connectivity index (χ4v) is 2.11. The predicted octanol–water partition coefficient (Wildman–Crippen LogP) is 1.35. The molecule has 0 radical (unpaired) electrons. The Hall–Kier alpha value is -1.30. The molecule has 3 N–H and O–H groups in total. The highest BCUT2D eigenvalue weighted by atomic mass is 16.5. The Kier molecular flexibility index (Phi) is 6.08. The molecule has 0 saturated heterocycles. The van der Waals surface area contributed by atoms with E-state index in [1.165, 1.54) is 0 Å². The van der Waals surface area contributed by atoms with Gasteiger partial charge >= 0.3 is 12.0 Å². The lowest BCUT2D eigenvalue weighted by atomic mass is 9.89. The number of carbonyl (C=O) groups excluding carboxylic acids is 1. The second-order valence-corrected chi connectivity index (χ2v) is 5.06. The average Bonchev–Trinajstić information content (AvgIpc) is 2.32. The number of carboxylic acid groups (broad SMARTS) is 1. The maximum Gasteiger partial charge on any atom is 0.326 e. The lowest BCUT2D eigenvalue weighted by Crippen LogP contribution is -2.55. The Bertz CT molecular complexity index is 316. The van der Waals surface area contributed by atoms with Gasteiger partial charge < -0.3 is 20.5 Å². The summed E-state index contributed by atoms with van der Waals surface area (Å²) in [7, 11) is 0. The zero-order chi connectivity index (χ0) is 14.4. The predicted molar refractivity (Wildman–Crippen MR) is 71.0 cm³/mol. The summed E-state index contributed by atoms with van der Waals surface area (Å²) in [5.74, 6) is -1.09. The van der Waals surface area contributed by atoms with Crippen molar-refractivity contribution in [3.8, 4) is 0 Å². The average molecular weight is 272 g/mol. The van der Waals surface area contributed by atoms with Crippen LogP contribution in [0.15, 0.2) is 0 Å². The summed E-state index contributed by atoms with van der Waals surface area (Å²) in [5.41, 5.74) is 0. The molecular formula is C13H24N2O4. The van der Waals surface area contributed by atoms with Crippen LogP contribution in [-0.4, -0.2) is 41.9 Å². The molecule has 0 aromatic carbocycles. The van der Waals surface area contributed by atoms with Crippen LogP contribution in [0.1, 0.15) is 40.0 Å². The number of amides is 2. The highest BCUT2D eigenvalue weighted by Gasteiger charge is 2.32. The molecule has 0 heterocycles. The molecule has 2 atom stereocenters. The van der Waals surface area contributed by atoms with Crippen LogP contribution in [0, 0.1) is 5.92 Å². The van der Waals surface area contributed by atoms with Crippen LogP contribution in [0.5, 0.6) is 0 Å². The Morgan fingerprint density at radius 2 is 2.00 bits per heavy atom. The summed E-state index contributed by atoms with van der Waals surface area (Å²) in [6.45, 7) is 6.34. The van der Waals surface area contributed by atoms with E-state index in [1.807, 2.05) is 20.8 Å². The van der Waals surface area contributed by atoms with Crippen molar-refractivity contribution in [1.82, 2.24) is 10.6 Å². The number of hydrogen-bond acceptors (Lipinski definition) is 3. The molecule has 0 spiro atoms. The Morgan fingerprint density at radius 1 is 1.37 bits per heavy atom. The maximum atomic E-state index is 11.7. The summed E-state index contributed by atoms with van der Waals surface area (Å²) in [4.78, 5) is 22.8. The molecule has 1 saturated carbocycles. The third-order valence-electron chi connectivity index (χ3n) is 3.60. The van der Waals surface area contributed by atoms with Crippen LogP contribution in [0.3, 0.4) is 0 Å². The van der Waals surface area contributed by atoms with Crippen molar-refractivity contribution in [3.05, 3.63) is 0 Å². The largest absolute Gasteiger partial charge is 0.480 e. The second-order valence-electron chi connectivity index (χ2n) is 5.06. The summed E-state index contributed by atoms with van der Waals surface area (Å²) >= 11 is 0. The summed E-state index contributed by atoms with van der Waals surface area (Å²) in [6.07, 6.45) is 2.51. The Labute approximate surface area is 113 Å². The second kappa shape index (κ2) is 7.33. The molecular weight excluding hydrogens is 248 g/mol. The van der Waals surface area contributed by atoms with E-state index in [9.17, 15) is 9.59 Å². The third kappa shape index (κ3) is 4.70. The first-order valence-corrected chi connectivity index (χ1v) is 6.89. The van der Waals surface area contributed by atoms with Gasteiger partial charge in [0.05, 0.1) is 6.10 Å². The van der Waals surface area contributed by atoms with Gasteiger partial charge in [-0.3, -0.25) is 0 Å². The fraction of sp³-hybridized carbons (Fsp3) is 0.846. The Morgan fingerprint density at radius 3 is 2.47 bits per heavy atom. The first-order chi connectivity index (χ1) is 8.97. The van der Waals surface area contributed by atoms with E-state index in [-0.39, 0.29) is 18.1 Å². The number of rotatable bonds is 7. The van der Waals surface area contributed by atoms with Crippen LogP contribution in [-0.2, 0) is 9.53 Å². The fourth-order valence-electron chi connectivity index (χ4n) is 2.11. The molecule has 6 nitrogen and oxygen atoms in total. The zero-order valence-corrected chi connectivity index (χ0v) is 11.8. The van der Waals surface area contributed by atoms with E-state index in [0.29, 0.717) is 13.0 Å². The lowest BCUT2D eigenvalue weighted by Gasteiger charge is -2.35. The molecule has 19 heavy (non-hydrogen) atoms. The van der Waals surface area contributed by atoms with E-state index in [4.69, 9.17) is 9.84 Å². The topological polar surface area (TPSA) is 87.7 Å². The highest BCUT2D eigenvalue weighted by Crippen LogP contribution is 2.23. The number of carboxylic acids is 1. The van der Waals surface area contributed by atoms with Crippen molar-refractivity contribution in [2.24, 2.45) is 5.92 Å².